The summed E-state index contributed by atoms with van der Waals surface area (Å²) in [6.07, 6.45) is 3.57. The van der Waals surface area contributed by atoms with Gasteiger partial charge >= 0.3 is 0 Å². The first kappa shape index (κ1) is 13.7. The SMILES string of the molecule is CC(C)(C)C1=CCN(Cc2csc(CN)n2)CC1. The van der Waals surface area contributed by atoms with Crippen LogP contribution in [0.2, 0.25) is 0 Å². The van der Waals surface area contributed by atoms with E-state index in [1.807, 2.05) is 0 Å². The first-order valence-corrected chi connectivity index (χ1v) is 7.42. The van der Waals surface area contributed by atoms with E-state index in [0.717, 1.165) is 30.3 Å². The van der Waals surface area contributed by atoms with Gasteiger partial charge in [0.15, 0.2) is 0 Å². The Morgan fingerprint density at radius 3 is 2.72 bits per heavy atom. The highest BCUT2D eigenvalue weighted by Crippen LogP contribution is 2.30. The Morgan fingerprint density at radius 2 is 2.22 bits per heavy atom. The van der Waals surface area contributed by atoms with Gasteiger partial charge in [-0.05, 0) is 11.8 Å². The van der Waals surface area contributed by atoms with Crippen LogP contribution in [0.15, 0.2) is 17.0 Å². The summed E-state index contributed by atoms with van der Waals surface area (Å²) in [5.41, 5.74) is 8.65. The molecule has 0 saturated heterocycles. The fourth-order valence-corrected chi connectivity index (χ4v) is 2.95. The molecular weight excluding hydrogens is 242 g/mol. The second kappa shape index (κ2) is 5.51. The first-order valence-electron chi connectivity index (χ1n) is 6.54. The number of hydrogen-bond acceptors (Lipinski definition) is 4. The van der Waals surface area contributed by atoms with Crippen LogP contribution >= 0.6 is 11.3 Å². The number of aromatic nitrogens is 1. The van der Waals surface area contributed by atoms with Crippen molar-refractivity contribution >= 4 is 11.3 Å². The molecule has 0 fully saturated rings. The molecule has 0 spiro atoms. The van der Waals surface area contributed by atoms with Gasteiger partial charge in [0, 0.05) is 31.6 Å². The van der Waals surface area contributed by atoms with Gasteiger partial charge in [-0.25, -0.2) is 4.98 Å². The van der Waals surface area contributed by atoms with Crippen molar-refractivity contribution in [3.8, 4) is 0 Å². The van der Waals surface area contributed by atoms with Crippen LogP contribution in [-0.4, -0.2) is 23.0 Å². The Kier molecular flexibility index (Phi) is 4.20. The summed E-state index contributed by atoms with van der Waals surface area (Å²) in [7, 11) is 0. The zero-order valence-corrected chi connectivity index (χ0v) is 12.4. The van der Waals surface area contributed by atoms with Crippen LogP contribution in [0, 0.1) is 5.41 Å². The molecule has 100 valence electrons. The third-order valence-corrected chi connectivity index (χ3v) is 4.34. The third-order valence-electron chi connectivity index (χ3n) is 3.42. The van der Waals surface area contributed by atoms with E-state index in [0.29, 0.717) is 12.0 Å². The van der Waals surface area contributed by atoms with E-state index in [2.05, 4.69) is 42.1 Å². The molecule has 4 heteroatoms. The van der Waals surface area contributed by atoms with Gasteiger partial charge in [-0.2, -0.15) is 0 Å². The molecule has 1 aromatic heterocycles. The predicted molar refractivity (Wildman–Crippen MR) is 77.4 cm³/mol. The number of thiazole rings is 1. The quantitative estimate of drug-likeness (QED) is 0.855. The van der Waals surface area contributed by atoms with Crippen molar-refractivity contribution in [3.63, 3.8) is 0 Å². The summed E-state index contributed by atoms with van der Waals surface area (Å²) < 4.78 is 0. The molecule has 0 unspecified atom stereocenters. The van der Waals surface area contributed by atoms with Gasteiger partial charge in [0.05, 0.1) is 5.69 Å². The zero-order chi connectivity index (χ0) is 13.2. The molecule has 0 amide bonds. The largest absolute Gasteiger partial charge is 0.325 e. The first-order chi connectivity index (χ1) is 8.49. The number of nitrogens with two attached hydrogens (primary N) is 1. The minimum absolute atomic E-state index is 0.319. The molecule has 0 bridgehead atoms. The summed E-state index contributed by atoms with van der Waals surface area (Å²) >= 11 is 1.66. The van der Waals surface area contributed by atoms with E-state index in [-0.39, 0.29) is 0 Å². The smallest absolute Gasteiger partial charge is 0.106 e. The van der Waals surface area contributed by atoms with Crippen LogP contribution < -0.4 is 5.73 Å². The zero-order valence-electron chi connectivity index (χ0n) is 11.6. The molecule has 3 nitrogen and oxygen atoms in total. The standard InChI is InChI=1S/C14H23N3S/c1-14(2,3)11-4-6-17(7-5-11)9-12-10-18-13(8-15)16-12/h4,10H,5-9,15H2,1-3H3. The monoisotopic (exact) mass is 265 g/mol. The molecule has 18 heavy (non-hydrogen) atoms. The van der Waals surface area contributed by atoms with Gasteiger partial charge in [0.25, 0.3) is 0 Å². The van der Waals surface area contributed by atoms with Crippen molar-refractivity contribution < 1.29 is 0 Å². The topological polar surface area (TPSA) is 42.1 Å². The maximum atomic E-state index is 5.59. The summed E-state index contributed by atoms with van der Waals surface area (Å²) in [6.45, 7) is 10.6. The molecule has 0 saturated carbocycles. The lowest BCUT2D eigenvalue weighted by molar-refractivity contribution is 0.269. The molecule has 0 aliphatic carbocycles. The minimum Gasteiger partial charge on any atom is -0.325 e. The molecule has 0 atom stereocenters. The van der Waals surface area contributed by atoms with Crippen LogP contribution in [0.25, 0.3) is 0 Å². The van der Waals surface area contributed by atoms with Gasteiger partial charge < -0.3 is 5.73 Å². The maximum absolute atomic E-state index is 5.59. The fourth-order valence-electron chi connectivity index (χ4n) is 2.28. The van der Waals surface area contributed by atoms with Crippen LogP contribution in [0.4, 0.5) is 0 Å². The summed E-state index contributed by atoms with van der Waals surface area (Å²) in [5.74, 6) is 0. The van der Waals surface area contributed by atoms with Gasteiger partial charge in [-0.3, -0.25) is 4.90 Å². The minimum atomic E-state index is 0.319. The van der Waals surface area contributed by atoms with E-state index < -0.39 is 0 Å². The van der Waals surface area contributed by atoms with Crippen molar-refractivity contribution in [2.45, 2.75) is 40.3 Å². The number of nitrogens with zero attached hydrogens (tertiary/aromatic N) is 2. The maximum Gasteiger partial charge on any atom is 0.106 e. The lowest BCUT2D eigenvalue weighted by atomic mass is 9.83. The number of hydrogen-bond donors (Lipinski definition) is 1. The van der Waals surface area contributed by atoms with E-state index >= 15 is 0 Å². The normalized spacial score (nSPS) is 17.9. The number of rotatable bonds is 3. The highest BCUT2D eigenvalue weighted by molar-refractivity contribution is 7.09. The Hall–Kier alpha value is -0.710. The average molecular weight is 265 g/mol. The van der Waals surface area contributed by atoms with Crippen LogP contribution in [-0.2, 0) is 13.1 Å². The van der Waals surface area contributed by atoms with Crippen molar-refractivity contribution in [3.05, 3.63) is 27.7 Å². The van der Waals surface area contributed by atoms with Gasteiger partial charge in [-0.15, -0.1) is 11.3 Å². The van der Waals surface area contributed by atoms with E-state index in [1.54, 1.807) is 16.9 Å². The summed E-state index contributed by atoms with van der Waals surface area (Å²) in [6, 6.07) is 0. The van der Waals surface area contributed by atoms with E-state index in [9.17, 15) is 0 Å². The molecule has 0 aromatic carbocycles. The molecule has 1 aromatic rings. The predicted octanol–water partition coefficient (Wildman–Crippen LogP) is 2.78. The molecule has 1 aliphatic heterocycles. The van der Waals surface area contributed by atoms with Gasteiger partial charge in [0.1, 0.15) is 5.01 Å². The highest BCUT2D eigenvalue weighted by Gasteiger charge is 2.21. The molecule has 0 radical (unpaired) electrons. The van der Waals surface area contributed by atoms with Crippen molar-refractivity contribution in [1.82, 2.24) is 9.88 Å². The van der Waals surface area contributed by atoms with Crippen molar-refractivity contribution in [1.29, 1.82) is 0 Å². The average Bonchev–Trinajstić information content (AvgIpc) is 2.76. The molecular formula is C14H23N3S. The lowest BCUT2D eigenvalue weighted by Gasteiger charge is -2.31. The van der Waals surface area contributed by atoms with Crippen molar-refractivity contribution in [2.24, 2.45) is 11.1 Å². The second-order valence-electron chi connectivity index (χ2n) is 5.90. The second-order valence-corrected chi connectivity index (χ2v) is 6.84. The Bertz CT molecular complexity index is 428. The highest BCUT2D eigenvalue weighted by atomic mass is 32.1. The van der Waals surface area contributed by atoms with Gasteiger partial charge in [0.2, 0.25) is 0 Å². The summed E-state index contributed by atoms with van der Waals surface area (Å²) in [4.78, 5) is 6.97. The molecule has 1 aliphatic rings. The van der Waals surface area contributed by atoms with Crippen LogP contribution in [0.1, 0.15) is 37.9 Å². The fraction of sp³-hybridized carbons (Fsp3) is 0.643. The molecule has 2 rings (SSSR count). The third kappa shape index (κ3) is 3.40. The van der Waals surface area contributed by atoms with E-state index in [1.165, 1.54) is 6.42 Å². The Morgan fingerprint density at radius 1 is 1.44 bits per heavy atom. The Balaban J connectivity index is 1.92. The van der Waals surface area contributed by atoms with Gasteiger partial charge in [-0.1, -0.05) is 32.4 Å². The van der Waals surface area contributed by atoms with Crippen molar-refractivity contribution in [2.75, 3.05) is 13.1 Å². The Labute approximate surface area is 114 Å². The van der Waals surface area contributed by atoms with E-state index in [4.69, 9.17) is 5.73 Å². The van der Waals surface area contributed by atoms with Crippen LogP contribution in [0.3, 0.4) is 0 Å². The van der Waals surface area contributed by atoms with Crippen LogP contribution in [0.5, 0.6) is 0 Å². The lowest BCUT2D eigenvalue weighted by Crippen LogP contribution is -2.31. The summed E-state index contributed by atoms with van der Waals surface area (Å²) in [5, 5.41) is 3.17. The molecule has 2 N–H and O–H groups in total. The molecule has 2 heterocycles.